The highest BCUT2D eigenvalue weighted by molar-refractivity contribution is 5.72. The lowest BCUT2D eigenvalue weighted by Gasteiger charge is -2.34. The Morgan fingerprint density at radius 3 is 2.29 bits per heavy atom. The van der Waals surface area contributed by atoms with E-state index in [2.05, 4.69) is 23.9 Å². The van der Waals surface area contributed by atoms with Gasteiger partial charge in [-0.25, -0.2) is 0 Å². The van der Waals surface area contributed by atoms with E-state index in [1.165, 1.54) is 32.5 Å². The predicted octanol–water partition coefficient (Wildman–Crippen LogP) is 0.738. The van der Waals surface area contributed by atoms with Crippen LogP contribution in [0, 0.1) is 5.92 Å². The smallest absolute Gasteiger partial charge is 0.219 e. The van der Waals surface area contributed by atoms with Gasteiger partial charge in [0.25, 0.3) is 0 Å². The van der Waals surface area contributed by atoms with Crippen LogP contribution >= 0.6 is 0 Å². The molecule has 1 aliphatic rings. The molecule has 0 atom stereocenters. The van der Waals surface area contributed by atoms with E-state index in [-0.39, 0.29) is 5.91 Å². The Morgan fingerprint density at radius 2 is 1.82 bits per heavy atom. The zero-order chi connectivity index (χ0) is 12.8. The fourth-order valence-electron chi connectivity index (χ4n) is 2.25. The van der Waals surface area contributed by atoms with Crippen LogP contribution in [0.2, 0.25) is 0 Å². The minimum Gasteiger partial charge on any atom is -0.346 e. The molecule has 0 radical (unpaired) electrons. The minimum absolute atomic E-state index is 0.181. The van der Waals surface area contributed by atoms with Gasteiger partial charge in [-0.3, -0.25) is 4.79 Å². The van der Waals surface area contributed by atoms with Crippen molar-refractivity contribution < 1.29 is 4.79 Å². The lowest BCUT2D eigenvalue weighted by molar-refractivity contribution is -0.128. The third kappa shape index (κ3) is 5.50. The van der Waals surface area contributed by atoms with Gasteiger partial charge in [0.05, 0.1) is 0 Å². The lowest BCUT2D eigenvalue weighted by atomic mass is 9.96. The van der Waals surface area contributed by atoms with Crippen molar-refractivity contribution in [1.29, 1.82) is 0 Å². The van der Waals surface area contributed by atoms with Gasteiger partial charge in [0.1, 0.15) is 0 Å². The van der Waals surface area contributed by atoms with E-state index in [0.717, 1.165) is 13.1 Å². The summed E-state index contributed by atoms with van der Waals surface area (Å²) in [6.45, 7) is 7.25. The van der Waals surface area contributed by atoms with Crippen LogP contribution in [0.25, 0.3) is 0 Å². The maximum atomic E-state index is 11.2. The molecule has 17 heavy (non-hydrogen) atoms. The van der Waals surface area contributed by atoms with Crippen LogP contribution in [0.1, 0.15) is 19.8 Å². The molecule has 0 saturated carbocycles. The Morgan fingerprint density at radius 1 is 1.24 bits per heavy atom. The maximum absolute atomic E-state index is 11.2. The lowest BCUT2D eigenvalue weighted by Crippen LogP contribution is -2.41. The van der Waals surface area contributed by atoms with Crippen molar-refractivity contribution in [3.05, 3.63) is 0 Å². The second kappa shape index (κ2) is 6.97. The van der Waals surface area contributed by atoms with Crippen molar-refractivity contribution in [3.8, 4) is 0 Å². The quantitative estimate of drug-likeness (QED) is 0.710. The SMILES string of the molecule is CC(=O)N(C)CC1CCN(CCN(C)C)CC1. The molecular formula is C13H27N3O. The van der Waals surface area contributed by atoms with E-state index >= 15 is 0 Å². The number of likely N-dealkylation sites (N-methyl/N-ethyl adjacent to an activating group) is 1. The Hall–Kier alpha value is -0.610. The number of nitrogens with zero attached hydrogens (tertiary/aromatic N) is 3. The Kier molecular flexibility index (Phi) is 5.92. The summed E-state index contributed by atoms with van der Waals surface area (Å²) in [4.78, 5) is 17.8. The van der Waals surface area contributed by atoms with Gasteiger partial charge >= 0.3 is 0 Å². The molecule has 0 unspecified atom stereocenters. The topological polar surface area (TPSA) is 26.8 Å². The molecule has 0 spiro atoms. The number of likely N-dealkylation sites (tertiary alicyclic amines) is 1. The molecule has 1 rings (SSSR count). The van der Waals surface area contributed by atoms with Crippen LogP contribution < -0.4 is 0 Å². The van der Waals surface area contributed by atoms with Crippen LogP contribution in [-0.2, 0) is 4.79 Å². The molecule has 1 aliphatic heterocycles. The maximum Gasteiger partial charge on any atom is 0.219 e. The van der Waals surface area contributed by atoms with E-state index in [1.54, 1.807) is 6.92 Å². The number of carbonyl (C=O) groups is 1. The number of rotatable bonds is 5. The zero-order valence-electron chi connectivity index (χ0n) is 11.8. The third-order valence-corrected chi connectivity index (χ3v) is 3.64. The van der Waals surface area contributed by atoms with E-state index in [4.69, 9.17) is 0 Å². The predicted molar refractivity (Wildman–Crippen MR) is 71.0 cm³/mol. The fourth-order valence-corrected chi connectivity index (χ4v) is 2.25. The summed E-state index contributed by atoms with van der Waals surface area (Å²) in [6, 6.07) is 0. The van der Waals surface area contributed by atoms with Crippen molar-refractivity contribution in [2.24, 2.45) is 5.92 Å². The van der Waals surface area contributed by atoms with Gasteiger partial charge in [-0.15, -0.1) is 0 Å². The van der Waals surface area contributed by atoms with E-state index in [1.807, 2.05) is 11.9 Å². The number of hydrogen-bond acceptors (Lipinski definition) is 3. The molecule has 4 nitrogen and oxygen atoms in total. The van der Waals surface area contributed by atoms with E-state index in [9.17, 15) is 4.79 Å². The first-order valence-electron chi connectivity index (χ1n) is 6.58. The molecule has 1 saturated heterocycles. The average Bonchev–Trinajstić information content (AvgIpc) is 2.28. The van der Waals surface area contributed by atoms with Gasteiger partial charge in [0.2, 0.25) is 5.91 Å². The normalized spacial score (nSPS) is 18.6. The largest absolute Gasteiger partial charge is 0.346 e. The molecule has 0 aromatic rings. The first-order valence-corrected chi connectivity index (χ1v) is 6.58. The molecule has 1 amide bonds. The molecular weight excluding hydrogens is 214 g/mol. The highest BCUT2D eigenvalue weighted by Crippen LogP contribution is 2.17. The van der Waals surface area contributed by atoms with Gasteiger partial charge in [0, 0.05) is 33.6 Å². The summed E-state index contributed by atoms with van der Waals surface area (Å²) in [5, 5.41) is 0. The van der Waals surface area contributed by atoms with Gasteiger partial charge in [-0.1, -0.05) is 0 Å². The van der Waals surface area contributed by atoms with Crippen molar-refractivity contribution in [1.82, 2.24) is 14.7 Å². The van der Waals surface area contributed by atoms with Gasteiger partial charge < -0.3 is 14.7 Å². The van der Waals surface area contributed by atoms with Crippen LogP contribution in [0.15, 0.2) is 0 Å². The van der Waals surface area contributed by atoms with E-state index < -0.39 is 0 Å². The Labute approximate surface area is 106 Å². The standard InChI is InChI=1S/C13H27N3O/c1-12(17)15(4)11-13-5-7-16(8-6-13)10-9-14(2)3/h13H,5-11H2,1-4H3. The van der Waals surface area contributed by atoms with Crippen molar-refractivity contribution in [2.75, 3.05) is 53.9 Å². The van der Waals surface area contributed by atoms with Crippen LogP contribution in [0.5, 0.6) is 0 Å². The number of hydrogen-bond donors (Lipinski definition) is 0. The first-order chi connectivity index (χ1) is 7.99. The van der Waals surface area contributed by atoms with Crippen LogP contribution in [0.4, 0.5) is 0 Å². The van der Waals surface area contributed by atoms with E-state index in [0.29, 0.717) is 5.92 Å². The molecule has 100 valence electrons. The molecule has 0 aromatic carbocycles. The van der Waals surface area contributed by atoms with Crippen LogP contribution in [0.3, 0.4) is 0 Å². The van der Waals surface area contributed by atoms with Gasteiger partial charge in [-0.2, -0.15) is 0 Å². The molecule has 4 heteroatoms. The molecule has 1 fully saturated rings. The average molecular weight is 241 g/mol. The van der Waals surface area contributed by atoms with Crippen molar-refractivity contribution in [3.63, 3.8) is 0 Å². The summed E-state index contributed by atoms with van der Waals surface area (Å²) in [7, 11) is 6.14. The summed E-state index contributed by atoms with van der Waals surface area (Å²) >= 11 is 0. The highest BCUT2D eigenvalue weighted by atomic mass is 16.2. The molecule has 0 bridgehead atoms. The molecule has 0 N–H and O–H groups in total. The van der Waals surface area contributed by atoms with Crippen LogP contribution in [-0.4, -0.2) is 74.5 Å². The van der Waals surface area contributed by atoms with Crippen molar-refractivity contribution in [2.45, 2.75) is 19.8 Å². The number of carbonyl (C=O) groups excluding carboxylic acids is 1. The Bertz CT molecular complexity index is 235. The fraction of sp³-hybridized carbons (Fsp3) is 0.923. The summed E-state index contributed by atoms with van der Waals surface area (Å²) in [5.74, 6) is 0.875. The second-order valence-electron chi connectivity index (χ2n) is 5.49. The molecule has 1 heterocycles. The third-order valence-electron chi connectivity index (χ3n) is 3.64. The summed E-state index contributed by atoms with van der Waals surface area (Å²) < 4.78 is 0. The Balaban J connectivity index is 2.19. The zero-order valence-corrected chi connectivity index (χ0v) is 11.8. The molecule has 0 aliphatic carbocycles. The first kappa shape index (κ1) is 14.5. The summed E-state index contributed by atoms with van der Waals surface area (Å²) in [6.07, 6.45) is 2.45. The monoisotopic (exact) mass is 241 g/mol. The highest BCUT2D eigenvalue weighted by Gasteiger charge is 2.20. The van der Waals surface area contributed by atoms with Gasteiger partial charge in [-0.05, 0) is 45.9 Å². The second-order valence-corrected chi connectivity index (χ2v) is 5.49. The van der Waals surface area contributed by atoms with Gasteiger partial charge in [0.15, 0.2) is 0 Å². The minimum atomic E-state index is 0.181. The van der Waals surface area contributed by atoms with Crippen molar-refractivity contribution >= 4 is 5.91 Å². The number of piperidine rings is 1. The summed E-state index contributed by atoms with van der Waals surface area (Å²) in [5.41, 5.74) is 0. The number of amides is 1. The molecule has 0 aromatic heterocycles.